The Morgan fingerprint density at radius 1 is 0.369 bits per heavy atom. The van der Waals surface area contributed by atoms with Crippen LogP contribution in [0.25, 0.3) is 71.4 Å². The molecule has 0 saturated carbocycles. The third kappa shape index (κ3) is 7.17. The van der Waals surface area contributed by atoms with Crippen molar-refractivity contribution in [3.8, 4) is 22.3 Å². The van der Waals surface area contributed by atoms with Crippen molar-refractivity contribution in [1.29, 1.82) is 0 Å². The zero-order valence-electron chi connectivity index (χ0n) is 35.5. The number of benzene rings is 10. The summed E-state index contributed by atoms with van der Waals surface area (Å²) in [4.78, 5) is 12.9. The van der Waals surface area contributed by atoms with Gasteiger partial charge in [0.1, 0.15) is 5.58 Å². The zero-order valence-corrected chi connectivity index (χ0v) is 35.5. The molecule has 10 aromatic carbocycles. The van der Waals surface area contributed by atoms with Gasteiger partial charge in [0, 0.05) is 45.1 Å². The second-order valence-corrected chi connectivity index (χ2v) is 16.5. The summed E-state index contributed by atoms with van der Waals surface area (Å²) in [6.07, 6.45) is 2.83. The largest absolute Gasteiger partial charge is 0.454 e. The van der Waals surface area contributed by atoms with Gasteiger partial charge in [-0.1, -0.05) is 188 Å². The van der Waals surface area contributed by atoms with E-state index in [-0.39, 0.29) is 0 Å². The van der Waals surface area contributed by atoms with Crippen molar-refractivity contribution >= 4 is 77.8 Å². The van der Waals surface area contributed by atoms with Crippen molar-refractivity contribution in [2.75, 3.05) is 4.90 Å². The number of hydrogen-bond donors (Lipinski definition) is 0. The summed E-state index contributed by atoms with van der Waals surface area (Å²) < 4.78 is 7.16. The predicted molar refractivity (Wildman–Crippen MR) is 273 cm³/mol. The maximum atomic E-state index is 7.16. The number of fused-ring (bicyclic) bond motifs is 5. The lowest BCUT2D eigenvalue weighted by atomic mass is 10.00. The van der Waals surface area contributed by atoms with Crippen molar-refractivity contribution in [2.45, 2.75) is 6.42 Å². The van der Waals surface area contributed by atoms with E-state index in [1.807, 2.05) is 18.2 Å². The van der Waals surface area contributed by atoms with E-state index >= 15 is 0 Å². The van der Waals surface area contributed by atoms with Gasteiger partial charge in [-0.05, 0) is 92.5 Å². The first-order valence-electron chi connectivity index (χ1n) is 22.1. The molecule has 0 spiro atoms. The second-order valence-electron chi connectivity index (χ2n) is 16.5. The molecule has 306 valence electrons. The van der Waals surface area contributed by atoms with E-state index in [1.165, 1.54) is 21.9 Å². The Morgan fingerprint density at radius 2 is 0.908 bits per heavy atom. The third-order valence-electron chi connectivity index (χ3n) is 12.5. The molecule has 0 bridgehead atoms. The molecule has 1 aliphatic rings. The molecule has 0 aliphatic carbocycles. The lowest BCUT2D eigenvalue weighted by Gasteiger charge is -2.27. The number of aliphatic imine (C=N–C) groups is 2. The molecule has 65 heavy (non-hydrogen) atoms. The predicted octanol–water partition coefficient (Wildman–Crippen LogP) is 16.4. The summed E-state index contributed by atoms with van der Waals surface area (Å²) in [5, 5.41) is 6.73. The number of hydrogen-bond acceptors (Lipinski definition) is 4. The van der Waals surface area contributed by atoms with Gasteiger partial charge in [0.05, 0.1) is 17.1 Å². The van der Waals surface area contributed by atoms with Gasteiger partial charge in [-0.25, -0.2) is 9.98 Å². The highest BCUT2D eigenvalue weighted by Gasteiger charge is 2.24. The number of nitrogens with zero attached hydrogens (tertiary/aromatic N) is 3. The minimum absolute atomic E-state index is 0.627. The maximum absolute atomic E-state index is 7.16. The summed E-state index contributed by atoms with van der Waals surface area (Å²) in [5.74, 6) is 0.683. The standard InChI is InChI=1S/C61H41N3O/c1-4-14-41(15-5-1)44-26-31-51(32-27-44)64(52-33-28-45(29-34-52)42-16-6-2-7-17-42)59-53-23-13-12-22-48(53)39-55-54-35-30-50(40-58(54)65-60(55)59)57-37-36-56(62-61(63-57)46-19-8-3-9-20-46)49-25-24-43-18-10-11-21-47(43)38-49/h1-35,37-40H,36H2. The molecule has 1 aromatic heterocycles. The van der Waals surface area contributed by atoms with Crippen molar-refractivity contribution in [2.24, 2.45) is 9.98 Å². The molecule has 0 radical (unpaired) electrons. The van der Waals surface area contributed by atoms with Gasteiger partial charge < -0.3 is 9.32 Å². The van der Waals surface area contributed by atoms with E-state index in [4.69, 9.17) is 14.4 Å². The molecule has 0 N–H and O–H groups in total. The van der Waals surface area contributed by atoms with Crippen LogP contribution < -0.4 is 4.90 Å². The van der Waals surface area contributed by atoms with Crippen LogP contribution in [0.1, 0.15) is 23.1 Å². The van der Waals surface area contributed by atoms with Crippen molar-refractivity contribution in [3.63, 3.8) is 0 Å². The number of amidine groups is 1. The fourth-order valence-electron chi connectivity index (χ4n) is 9.21. The molecule has 2 heterocycles. The summed E-state index contributed by atoms with van der Waals surface area (Å²) in [7, 11) is 0. The van der Waals surface area contributed by atoms with E-state index in [0.29, 0.717) is 12.3 Å². The Morgan fingerprint density at radius 3 is 1.57 bits per heavy atom. The first-order chi connectivity index (χ1) is 32.2. The van der Waals surface area contributed by atoms with Gasteiger partial charge in [-0.2, -0.15) is 0 Å². The van der Waals surface area contributed by atoms with E-state index in [2.05, 4.69) is 223 Å². The monoisotopic (exact) mass is 831 g/mol. The quantitative estimate of drug-likeness (QED) is 0.153. The van der Waals surface area contributed by atoms with Crippen LogP contribution in [0.3, 0.4) is 0 Å². The summed E-state index contributed by atoms with van der Waals surface area (Å²) in [5.41, 5.74) is 14.2. The van der Waals surface area contributed by atoms with Gasteiger partial charge >= 0.3 is 0 Å². The molecule has 4 heteroatoms. The van der Waals surface area contributed by atoms with E-state index in [1.54, 1.807) is 0 Å². The van der Waals surface area contributed by atoms with Crippen LogP contribution in [0, 0.1) is 0 Å². The van der Waals surface area contributed by atoms with Crippen LogP contribution in [0.5, 0.6) is 0 Å². The van der Waals surface area contributed by atoms with Gasteiger partial charge in [-0.3, -0.25) is 0 Å². The summed E-state index contributed by atoms with van der Waals surface area (Å²) in [6, 6.07) is 81.5. The first kappa shape index (κ1) is 38.1. The minimum atomic E-state index is 0.627. The molecule has 12 rings (SSSR count). The van der Waals surface area contributed by atoms with Crippen LogP contribution in [0.4, 0.5) is 17.1 Å². The normalized spacial score (nSPS) is 12.8. The Bertz CT molecular complexity index is 3560. The number of anilines is 3. The number of allylic oxidation sites excluding steroid dienone is 1. The number of furan rings is 1. The molecule has 0 atom stereocenters. The highest BCUT2D eigenvalue weighted by Crippen LogP contribution is 2.47. The second kappa shape index (κ2) is 16.3. The molecule has 1 aliphatic heterocycles. The molecule has 11 aromatic rings. The SMILES string of the molecule is C1=C(c2ccc3c(c2)oc2c(N(c4ccc(-c5ccccc5)cc4)c4ccc(-c5ccccc5)cc4)c4ccccc4cc23)N=C(c2ccccc2)N=C(c2ccc3ccccc3c2)C1. The average Bonchev–Trinajstić information content (AvgIpc) is 3.59. The molecule has 0 saturated heterocycles. The van der Waals surface area contributed by atoms with Crippen molar-refractivity contribution in [3.05, 3.63) is 253 Å². The third-order valence-corrected chi connectivity index (χ3v) is 12.5. The Labute approximate surface area is 377 Å². The fourth-order valence-corrected chi connectivity index (χ4v) is 9.21. The highest BCUT2D eigenvalue weighted by atomic mass is 16.3. The smallest absolute Gasteiger partial charge is 0.160 e. The van der Waals surface area contributed by atoms with Gasteiger partial charge in [0.25, 0.3) is 0 Å². The first-order valence-corrected chi connectivity index (χ1v) is 22.1. The van der Waals surface area contributed by atoms with Crippen molar-refractivity contribution in [1.82, 2.24) is 0 Å². The average molecular weight is 832 g/mol. The van der Waals surface area contributed by atoms with Gasteiger partial charge in [-0.15, -0.1) is 0 Å². The molecule has 4 nitrogen and oxygen atoms in total. The van der Waals surface area contributed by atoms with Crippen LogP contribution in [-0.2, 0) is 0 Å². The molecular formula is C61H41N3O. The molecule has 0 fully saturated rings. The lowest BCUT2D eigenvalue weighted by Crippen LogP contribution is -2.11. The Hall–Kier alpha value is -8.60. The minimum Gasteiger partial charge on any atom is -0.454 e. The van der Waals surface area contributed by atoms with Gasteiger partial charge in [0.2, 0.25) is 0 Å². The summed E-state index contributed by atoms with van der Waals surface area (Å²) >= 11 is 0. The van der Waals surface area contributed by atoms with Gasteiger partial charge in [0.15, 0.2) is 11.4 Å². The van der Waals surface area contributed by atoms with Crippen LogP contribution in [-0.4, -0.2) is 11.5 Å². The highest BCUT2D eigenvalue weighted by molar-refractivity contribution is 6.20. The Balaban J connectivity index is 1.01. The Kier molecular flexibility index (Phi) is 9.53. The fraction of sp³-hybridized carbons (Fsp3) is 0.0164. The van der Waals surface area contributed by atoms with E-state index < -0.39 is 0 Å². The van der Waals surface area contributed by atoms with E-state index in [0.717, 1.165) is 89.0 Å². The molecular weight excluding hydrogens is 791 g/mol. The molecule has 0 amide bonds. The van der Waals surface area contributed by atoms with Crippen LogP contribution in [0.2, 0.25) is 0 Å². The van der Waals surface area contributed by atoms with Crippen LogP contribution >= 0.6 is 0 Å². The van der Waals surface area contributed by atoms with Crippen LogP contribution in [0.15, 0.2) is 251 Å². The topological polar surface area (TPSA) is 41.1 Å². The zero-order chi connectivity index (χ0) is 43.1. The lowest BCUT2D eigenvalue weighted by molar-refractivity contribution is 0.669. The molecule has 0 unspecified atom stereocenters. The number of rotatable bonds is 8. The maximum Gasteiger partial charge on any atom is 0.160 e. The van der Waals surface area contributed by atoms with E-state index in [9.17, 15) is 0 Å². The summed E-state index contributed by atoms with van der Waals surface area (Å²) in [6.45, 7) is 0. The van der Waals surface area contributed by atoms with Crippen molar-refractivity contribution < 1.29 is 4.42 Å².